The third-order valence-corrected chi connectivity index (χ3v) is 9.88. The third-order valence-electron chi connectivity index (χ3n) is 7.96. The zero-order chi connectivity index (χ0) is 30.1. The normalized spacial score (nSPS) is 16.0. The minimum Gasteiger partial charge on any atom is -0.494 e. The lowest BCUT2D eigenvalue weighted by Gasteiger charge is -2.38. The first-order valence-electron chi connectivity index (χ1n) is 14.6. The van der Waals surface area contributed by atoms with E-state index in [-0.39, 0.29) is 17.0 Å². The van der Waals surface area contributed by atoms with Crippen molar-refractivity contribution in [2.24, 2.45) is 0 Å². The number of piperazine rings is 1. The average Bonchev–Trinajstić information content (AvgIpc) is 2.98. The van der Waals surface area contributed by atoms with Crippen LogP contribution in [0.15, 0.2) is 82.5 Å². The van der Waals surface area contributed by atoms with Gasteiger partial charge in [-0.05, 0) is 72.9 Å². The molecule has 1 unspecified atom stereocenters. The quantitative estimate of drug-likeness (QED) is 0.269. The van der Waals surface area contributed by atoms with Crippen LogP contribution in [-0.2, 0) is 15.4 Å². The fourth-order valence-electron chi connectivity index (χ4n) is 5.62. The van der Waals surface area contributed by atoms with Crippen LogP contribution < -0.4 is 10.3 Å². The summed E-state index contributed by atoms with van der Waals surface area (Å²) in [5.41, 5.74) is 2.29. The molecule has 0 bridgehead atoms. The molecule has 42 heavy (non-hydrogen) atoms. The Morgan fingerprint density at radius 2 is 1.52 bits per heavy atom. The minimum absolute atomic E-state index is 0.0496. The van der Waals surface area contributed by atoms with Gasteiger partial charge in [0.05, 0.1) is 34.1 Å². The maximum absolute atomic E-state index is 13.9. The van der Waals surface area contributed by atoms with Crippen molar-refractivity contribution < 1.29 is 13.2 Å². The highest BCUT2D eigenvalue weighted by molar-refractivity contribution is 7.89. The highest BCUT2D eigenvalue weighted by Gasteiger charge is 2.33. The predicted molar refractivity (Wildman–Crippen MR) is 167 cm³/mol. The van der Waals surface area contributed by atoms with E-state index in [2.05, 4.69) is 32.6 Å². The number of hydrogen-bond donors (Lipinski definition) is 0. The Balaban J connectivity index is 1.44. The first-order valence-corrected chi connectivity index (χ1v) is 16.1. The number of rotatable bonds is 8. The topological polar surface area (TPSA) is 84.7 Å². The van der Waals surface area contributed by atoms with Gasteiger partial charge in [0.1, 0.15) is 11.6 Å². The summed E-state index contributed by atoms with van der Waals surface area (Å²) in [6, 6.07) is 22.0. The SMILES string of the molecule is CCOc1ccc(-n2c(C(CC)N3CCN(S(=O)(=O)c4ccc(C(C)(C)C)cc4)CC3)nc3ccccc3c2=O)cc1. The molecule has 5 rings (SSSR count). The van der Waals surface area contributed by atoms with Gasteiger partial charge in [-0.3, -0.25) is 14.3 Å². The number of aromatic nitrogens is 2. The summed E-state index contributed by atoms with van der Waals surface area (Å²) in [4.78, 5) is 21.5. The molecule has 8 nitrogen and oxygen atoms in total. The van der Waals surface area contributed by atoms with Crippen LogP contribution in [-0.4, -0.2) is 60.0 Å². The van der Waals surface area contributed by atoms with Gasteiger partial charge >= 0.3 is 0 Å². The molecule has 1 fully saturated rings. The zero-order valence-electron chi connectivity index (χ0n) is 25.1. The minimum atomic E-state index is -3.62. The number of ether oxygens (including phenoxy) is 1. The number of sulfonamides is 1. The van der Waals surface area contributed by atoms with Gasteiger partial charge in [0.2, 0.25) is 10.0 Å². The van der Waals surface area contributed by atoms with Crippen molar-refractivity contribution in [1.82, 2.24) is 18.8 Å². The fraction of sp³-hybridized carbons (Fsp3) is 0.394. The molecule has 0 saturated carbocycles. The highest BCUT2D eigenvalue weighted by Crippen LogP contribution is 2.29. The molecule has 0 N–H and O–H groups in total. The Bertz CT molecular complexity index is 1700. The third kappa shape index (κ3) is 5.86. The van der Waals surface area contributed by atoms with Gasteiger partial charge in [0.15, 0.2) is 0 Å². The molecular formula is C33H40N4O4S. The van der Waals surface area contributed by atoms with Crippen molar-refractivity contribution in [2.75, 3.05) is 32.8 Å². The van der Waals surface area contributed by atoms with Crippen molar-refractivity contribution in [3.63, 3.8) is 0 Å². The largest absolute Gasteiger partial charge is 0.494 e. The Kier molecular flexibility index (Phi) is 8.55. The Morgan fingerprint density at radius 1 is 0.881 bits per heavy atom. The maximum atomic E-state index is 13.9. The molecule has 1 aliphatic rings. The highest BCUT2D eigenvalue weighted by atomic mass is 32.2. The van der Waals surface area contributed by atoms with E-state index in [0.717, 1.165) is 17.0 Å². The molecular weight excluding hydrogens is 548 g/mol. The monoisotopic (exact) mass is 588 g/mol. The number of nitrogens with zero attached hydrogens (tertiary/aromatic N) is 4. The lowest BCUT2D eigenvalue weighted by molar-refractivity contribution is 0.127. The van der Waals surface area contributed by atoms with Gasteiger partial charge in [-0.25, -0.2) is 13.4 Å². The molecule has 0 radical (unpaired) electrons. The van der Waals surface area contributed by atoms with Crippen LogP contribution in [0.5, 0.6) is 5.75 Å². The number of benzene rings is 3. The lowest BCUT2D eigenvalue weighted by atomic mass is 9.87. The summed E-state index contributed by atoms with van der Waals surface area (Å²) >= 11 is 0. The van der Waals surface area contributed by atoms with E-state index in [4.69, 9.17) is 9.72 Å². The zero-order valence-corrected chi connectivity index (χ0v) is 25.9. The van der Waals surface area contributed by atoms with E-state index in [1.807, 2.05) is 61.5 Å². The van der Waals surface area contributed by atoms with E-state index in [1.54, 1.807) is 27.1 Å². The van der Waals surface area contributed by atoms with Crippen molar-refractivity contribution >= 4 is 20.9 Å². The summed E-state index contributed by atoms with van der Waals surface area (Å²) in [7, 11) is -3.62. The van der Waals surface area contributed by atoms with E-state index < -0.39 is 10.0 Å². The molecule has 1 atom stereocenters. The molecule has 4 aromatic rings. The van der Waals surface area contributed by atoms with Gasteiger partial charge in [0.25, 0.3) is 5.56 Å². The van der Waals surface area contributed by atoms with Crippen LogP contribution in [0.1, 0.15) is 58.5 Å². The molecule has 1 aliphatic heterocycles. The number of fused-ring (bicyclic) bond motifs is 1. The molecule has 1 saturated heterocycles. The van der Waals surface area contributed by atoms with Crippen molar-refractivity contribution in [3.8, 4) is 11.4 Å². The lowest BCUT2D eigenvalue weighted by Crippen LogP contribution is -2.50. The van der Waals surface area contributed by atoms with Crippen LogP contribution in [0, 0.1) is 0 Å². The summed E-state index contributed by atoms with van der Waals surface area (Å²) in [5.74, 6) is 1.39. The van der Waals surface area contributed by atoms with E-state index in [9.17, 15) is 13.2 Å². The van der Waals surface area contributed by atoms with Gasteiger partial charge < -0.3 is 4.74 Å². The van der Waals surface area contributed by atoms with E-state index >= 15 is 0 Å². The van der Waals surface area contributed by atoms with Gasteiger partial charge in [-0.1, -0.05) is 52.0 Å². The standard InChI is InChI=1S/C33H40N4O4S/c1-6-30(35-20-22-36(23-21-35)42(39,40)27-18-12-24(13-19-27)33(3,4)5)31-34-29-11-9-8-10-28(29)32(38)37(31)25-14-16-26(17-15-25)41-7-2/h8-19,30H,6-7,20-23H2,1-5H3. The summed E-state index contributed by atoms with van der Waals surface area (Å²) in [6.07, 6.45) is 0.711. The molecule has 3 aromatic carbocycles. The van der Waals surface area contributed by atoms with Crippen LogP contribution >= 0.6 is 0 Å². The van der Waals surface area contributed by atoms with E-state index in [0.29, 0.717) is 60.8 Å². The Hall–Kier alpha value is -3.53. The van der Waals surface area contributed by atoms with Crippen LogP contribution in [0.4, 0.5) is 0 Å². The van der Waals surface area contributed by atoms with Crippen LogP contribution in [0.25, 0.3) is 16.6 Å². The van der Waals surface area contributed by atoms with Crippen LogP contribution in [0.2, 0.25) is 0 Å². The summed E-state index contributed by atoms with van der Waals surface area (Å²) in [5, 5.41) is 0.554. The molecule has 0 aliphatic carbocycles. The molecule has 9 heteroatoms. The van der Waals surface area contributed by atoms with Crippen molar-refractivity contribution in [2.45, 2.75) is 57.4 Å². The fourth-order valence-corrected chi connectivity index (χ4v) is 7.04. The molecule has 1 aromatic heterocycles. The molecule has 0 spiro atoms. The second kappa shape index (κ2) is 12.0. The van der Waals surface area contributed by atoms with Gasteiger partial charge in [-0.2, -0.15) is 4.31 Å². The first-order chi connectivity index (χ1) is 20.0. The summed E-state index contributed by atoms with van der Waals surface area (Å²) < 4.78 is 35.9. The van der Waals surface area contributed by atoms with Gasteiger partial charge in [0, 0.05) is 26.2 Å². The van der Waals surface area contributed by atoms with Crippen molar-refractivity contribution in [3.05, 3.63) is 94.5 Å². The predicted octanol–water partition coefficient (Wildman–Crippen LogP) is 5.54. The second-order valence-electron chi connectivity index (χ2n) is 11.7. The molecule has 2 heterocycles. The number of hydrogen-bond acceptors (Lipinski definition) is 6. The average molecular weight is 589 g/mol. The first kappa shape index (κ1) is 29.9. The van der Waals surface area contributed by atoms with Gasteiger partial charge in [-0.15, -0.1) is 0 Å². The Morgan fingerprint density at radius 3 is 2.12 bits per heavy atom. The van der Waals surface area contributed by atoms with Crippen molar-refractivity contribution in [1.29, 1.82) is 0 Å². The number of para-hydroxylation sites is 1. The maximum Gasteiger partial charge on any atom is 0.266 e. The molecule has 0 amide bonds. The summed E-state index contributed by atoms with van der Waals surface area (Å²) in [6.45, 7) is 12.7. The second-order valence-corrected chi connectivity index (χ2v) is 13.6. The van der Waals surface area contributed by atoms with Crippen LogP contribution in [0.3, 0.4) is 0 Å². The smallest absolute Gasteiger partial charge is 0.266 e. The molecule has 222 valence electrons. The Labute approximate surface area is 248 Å². The van der Waals surface area contributed by atoms with E-state index in [1.165, 1.54) is 0 Å².